The zero-order valence-corrected chi connectivity index (χ0v) is 13.6. The van der Waals surface area contributed by atoms with Crippen molar-refractivity contribution in [1.29, 1.82) is 5.26 Å². The van der Waals surface area contributed by atoms with Crippen LogP contribution in [0.15, 0.2) is 48.8 Å². The number of nitrogens with zero attached hydrogens (tertiary/aromatic N) is 3. The summed E-state index contributed by atoms with van der Waals surface area (Å²) in [6.45, 7) is 1.95. The molecule has 1 saturated heterocycles. The quantitative estimate of drug-likeness (QED) is 0.867. The summed E-state index contributed by atoms with van der Waals surface area (Å²) in [7, 11) is 1.69. The van der Waals surface area contributed by atoms with E-state index < -0.39 is 0 Å². The van der Waals surface area contributed by atoms with Gasteiger partial charge in [0.25, 0.3) is 5.91 Å². The summed E-state index contributed by atoms with van der Waals surface area (Å²) in [5.74, 6) is 0.507. The molecule has 2 aromatic rings. The minimum atomic E-state index is -0.00264. The maximum atomic E-state index is 12.8. The van der Waals surface area contributed by atoms with Crippen LogP contribution < -0.4 is 0 Å². The number of likely N-dealkylation sites (tertiary alicyclic amines) is 1. The van der Waals surface area contributed by atoms with E-state index in [2.05, 4.69) is 11.1 Å². The molecule has 0 N–H and O–H groups in total. The van der Waals surface area contributed by atoms with Crippen molar-refractivity contribution < 1.29 is 9.53 Å². The van der Waals surface area contributed by atoms with Gasteiger partial charge in [-0.3, -0.25) is 9.78 Å². The molecular weight excluding hydrogens is 302 g/mol. The average Bonchev–Trinajstić information content (AvgIpc) is 3.06. The number of hydrogen-bond donors (Lipinski definition) is 0. The molecule has 5 nitrogen and oxygen atoms in total. The number of amides is 1. The Hall–Kier alpha value is -2.71. The van der Waals surface area contributed by atoms with Crippen molar-refractivity contribution in [2.75, 3.05) is 26.8 Å². The van der Waals surface area contributed by atoms with Gasteiger partial charge in [-0.2, -0.15) is 5.26 Å². The van der Waals surface area contributed by atoms with Gasteiger partial charge >= 0.3 is 0 Å². The van der Waals surface area contributed by atoms with Gasteiger partial charge in [-0.1, -0.05) is 0 Å². The van der Waals surface area contributed by atoms with Gasteiger partial charge in [0.1, 0.15) is 0 Å². The van der Waals surface area contributed by atoms with Gasteiger partial charge in [0, 0.05) is 50.0 Å². The molecule has 0 spiro atoms. The van der Waals surface area contributed by atoms with E-state index in [1.165, 1.54) is 5.56 Å². The molecule has 3 rings (SSSR count). The Morgan fingerprint density at radius 3 is 2.58 bits per heavy atom. The third-order valence-electron chi connectivity index (χ3n) is 4.50. The van der Waals surface area contributed by atoms with Crippen LogP contribution in [0.3, 0.4) is 0 Å². The maximum absolute atomic E-state index is 12.8. The number of carbonyl (C=O) groups excluding carboxylic acids is 1. The van der Waals surface area contributed by atoms with Crippen molar-refractivity contribution in [3.8, 4) is 6.07 Å². The van der Waals surface area contributed by atoms with Crippen LogP contribution in [0.1, 0.15) is 27.4 Å². The Balaban J connectivity index is 1.79. The van der Waals surface area contributed by atoms with Crippen LogP contribution in [-0.2, 0) is 4.74 Å². The van der Waals surface area contributed by atoms with Gasteiger partial charge in [-0.25, -0.2) is 0 Å². The first kappa shape index (κ1) is 16.2. The van der Waals surface area contributed by atoms with Crippen molar-refractivity contribution >= 4 is 5.91 Å². The SMILES string of the molecule is COC[C@@H]1CN(C(=O)c2ccc(C#N)cc2)C[C@H]1c1ccncc1. The maximum Gasteiger partial charge on any atom is 0.253 e. The molecule has 5 heteroatoms. The van der Waals surface area contributed by atoms with Crippen LogP contribution in [0.2, 0.25) is 0 Å². The number of rotatable bonds is 4. The van der Waals surface area contributed by atoms with Gasteiger partial charge in [-0.15, -0.1) is 0 Å². The minimum absolute atomic E-state index is 0.00264. The molecule has 2 atom stereocenters. The molecular formula is C19H19N3O2. The summed E-state index contributed by atoms with van der Waals surface area (Å²) in [5.41, 5.74) is 2.35. The molecule has 1 amide bonds. The molecule has 0 unspecified atom stereocenters. The number of aromatic nitrogens is 1. The predicted octanol–water partition coefficient (Wildman–Crippen LogP) is 2.46. The number of hydrogen-bond acceptors (Lipinski definition) is 4. The standard InChI is InChI=1S/C19H19N3O2/c1-24-13-17-11-22(12-18(17)15-6-8-21-9-7-15)19(23)16-4-2-14(10-20)3-5-16/h2-9,17-18H,11-13H2,1H3/t17-,18-/m0/s1. The molecule has 0 aliphatic carbocycles. The fraction of sp³-hybridized carbons (Fsp3) is 0.316. The third-order valence-corrected chi connectivity index (χ3v) is 4.50. The molecule has 1 aromatic heterocycles. The highest BCUT2D eigenvalue weighted by molar-refractivity contribution is 5.94. The second kappa shape index (κ2) is 7.24. The zero-order chi connectivity index (χ0) is 16.9. The Morgan fingerprint density at radius 1 is 1.25 bits per heavy atom. The van der Waals surface area contributed by atoms with E-state index in [0.717, 1.165) is 0 Å². The second-order valence-electron chi connectivity index (χ2n) is 6.00. The largest absolute Gasteiger partial charge is 0.384 e. The van der Waals surface area contributed by atoms with E-state index in [-0.39, 0.29) is 17.7 Å². The lowest BCUT2D eigenvalue weighted by Gasteiger charge is -2.17. The van der Waals surface area contributed by atoms with Crippen LogP contribution >= 0.6 is 0 Å². The van der Waals surface area contributed by atoms with E-state index >= 15 is 0 Å². The fourth-order valence-electron chi connectivity index (χ4n) is 3.28. The van der Waals surface area contributed by atoms with Crippen LogP contribution in [0.25, 0.3) is 0 Å². The summed E-state index contributed by atoms with van der Waals surface area (Å²) < 4.78 is 5.35. The molecule has 0 bridgehead atoms. The topological polar surface area (TPSA) is 66.2 Å². The first-order valence-corrected chi connectivity index (χ1v) is 7.91. The highest BCUT2D eigenvalue weighted by Gasteiger charge is 2.36. The van der Waals surface area contributed by atoms with Crippen LogP contribution in [0.4, 0.5) is 0 Å². The van der Waals surface area contributed by atoms with Gasteiger partial charge in [0.2, 0.25) is 0 Å². The van der Waals surface area contributed by atoms with E-state index in [9.17, 15) is 4.79 Å². The number of nitriles is 1. The molecule has 122 valence electrons. The first-order valence-electron chi connectivity index (χ1n) is 7.91. The molecule has 0 radical (unpaired) electrons. The highest BCUT2D eigenvalue weighted by atomic mass is 16.5. The lowest BCUT2D eigenvalue weighted by molar-refractivity contribution is 0.0775. The third kappa shape index (κ3) is 3.29. The summed E-state index contributed by atoms with van der Waals surface area (Å²) >= 11 is 0. The van der Waals surface area contributed by atoms with Crippen LogP contribution in [-0.4, -0.2) is 42.6 Å². The number of pyridine rings is 1. The van der Waals surface area contributed by atoms with Crippen LogP contribution in [0.5, 0.6) is 0 Å². The molecule has 1 aliphatic rings. The lowest BCUT2D eigenvalue weighted by Crippen LogP contribution is -2.29. The Morgan fingerprint density at radius 2 is 1.96 bits per heavy atom. The molecule has 2 heterocycles. The van der Waals surface area contributed by atoms with Crippen molar-refractivity contribution in [3.63, 3.8) is 0 Å². The number of ether oxygens (including phenoxy) is 1. The monoisotopic (exact) mass is 321 g/mol. The minimum Gasteiger partial charge on any atom is -0.384 e. The van der Waals surface area contributed by atoms with Gasteiger partial charge in [0.15, 0.2) is 0 Å². The molecule has 0 saturated carbocycles. The Kier molecular flexibility index (Phi) is 4.88. The molecule has 1 fully saturated rings. The zero-order valence-electron chi connectivity index (χ0n) is 13.6. The molecule has 24 heavy (non-hydrogen) atoms. The van der Waals surface area contributed by atoms with E-state index in [1.54, 1.807) is 43.8 Å². The summed E-state index contributed by atoms with van der Waals surface area (Å²) in [5, 5.41) is 8.87. The first-order chi connectivity index (χ1) is 11.7. The lowest BCUT2D eigenvalue weighted by atomic mass is 9.90. The molecule has 1 aliphatic heterocycles. The normalized spacial score (nSPS) is 19.9. The van der Waals surface area contributed by atoms with Gasteiger partial charge < -0.3 is 9.64 Å². The van der Waals surface area contributed by atoms with Crippen LogP contribution in [0, 0.1) is 17.2 Å². The number of benzene rings is 1. The smallest absolute Gasteiger partial charge is 0.253 e. The van der Waals surface area contributed by atoms with E-state index in [1.807, 2.05) is 17.0 Å². The second-order valence-corrected chi connectivity index (χ2v) is 6.00. The van der Waals surface area contributed by atoms with E-state index in [4.69, 9.17) is 10.00 Å². The predicted molar refractivity (Wildman–Crippen MR) is 89.4 cm³/mol. The van der Waals surface area contributed by atoms with E-state index in [0.29, 0.717) is 30.8 Å². The van der Waals surface area contributed by atoms with Crippen molar-refractivity contribution in [2.45, 2.75) is 5.92 Å². The average molecular weight is 321 g/mol. The Labute approximate surface area is 141 Å². The van der Waals surface area contributed by atoms with Crippen molar-refractivity contribution in [2.24, 2.45) is 5.92 Å². The summed E-state index contributed by atoms with van der Waals surface area (Å²) in [6, 6.07) is 12.9. The fourth-order valence-corrected chi connectivity index (χ4v) is 3.28. The van der Waals surface area contributed by atoms with Crippen molar-refractivity contribution in [3.05, 3.63) is 65.5 Å². The summed E-state index contributed by atoms with van der Waals surface area (Å²) in [4.78, 5) is 18.7. The van der Waals surface area contributed by atoms with Crippen molar-refractivity contribution in [1.82, 2.24) is 9.88 Å². The summed E-state index contributed by atoms with van der Waals surface area (Å²) in [6.07, 6.45) is 3.56. The van der Waals surface area contributed by atoms with Gasteiger partial charge in [0.05, 0.1) is 18.2 Å². The number of carbonyl (C=O) groups is 1. The number of methoxy groups -OCH3 is 1. The molecule has 1 aromatic carbocycles. The highest BCUT2D eigenvalue weighted by Crippen LogP contribution is 2.33. The Bertz CT molecular complexity index is 737. The van der Waals surface area contributed by atoms with Gasteiger partial charge in [-0.05, 0) is 42.0 Å².